The summed E-state index contributed by atoms with van der Waals surface area (Å²) in [5, 5.41) is 0.389. The Kier molecular flexibility index (Phi) is 4.77. The second kappa shape index (κ2) is 7.27. The highest BCUT2D eigenvalue weighted by molar-refractivity contribution is 5.79. The first kappa shape index (κ1) is 19.0. The van der Waals surface area contributed by atoms with Crippen LogP contribution in [0.25, 0.3) is 11.0 Å². The predicted molar refractivity (Wildman–Crippen MR) is 106 cm³/mol. The second-order valence-corrected chi connectivity index (χ2v) is 7.44. The average Bonchev–Trinajstić information content (AvgIpc) is 3.22. The number of pyridine rings is 1. The largest absolute Gasteiger partial charge is 0.342 e. The number of carbonyl (C=O) groups is 1. The van der Waals surface area contributed by atoms with E-state index in [0.717, 1.165) is 22.2 Å². The highest BCUT2D eigenvalue weighted by Crippen LogP contribution is 2.27. The molecule has 1 aliphatic rings. The molecule has 1 atom stereocenters. The van der Waals surface area contributed by atoms with Crippen molar-refractivity contribution in [3.05, 3.63) is 74.3 Å². The van der Waals surface area contributed by atoms with Crippen molar-refractivity contribution in [1.29, 1.82) is 0 Å². The number of nitrogens with zero attached hydrogens (tertiary/aromatic N) is 4. The SMILES string of the molecule is Cn1c(=O)c2ccc([C@H]3CCN(C(=O)Cc4ccc(F)cc4)C3)nc2n(C)c1=O. The molecule has 3 aromatic rings. The number of rotatable bonds is 3. The fraction of sp³-hybridized carbons (Fsp3) is 0.333. The van der Waals surface area contributed by atoms with Crippen LogP contribution in [0, 0.1) is 5.82 Å². The molecule has 0 bridgehead atoms. The molecule has 4 rings (SSSR count). The van der Waals surface area contributed by atoms with Crippen LogP contribution < -0.4 is 11.2 Å². The van der Waals surface area contributed by atoms with Gasteiger partial charge in [-0.25, -0.2) is 14.2 Å². The third kappa shape index (κ3) is 3.46. The van der Waals surface area contributed by atoms with Gasteiger partial charge in [-0.3, -0.25) is 18.7 Å². The first-order valence-corrected chi connectivity index (χ1v) is 9.44. The first-order valence-electron chi connectivity index (χ1n) is 9.44. The number of benzene rings is 1. The van der Waals surface area contributed by atoms with Gasteiger partial charge in [0.05, 0.1) is 11.8 Å². The molecule has 1 aromatic carbocycles. The Morgan fingerprint density at radius 3 is 2.55 bits per heavy atom. The normalized spacial score (nSPS) is 16.5. The first-order chi connectivity index (χ1) is 13.8. The van der Waals surface area contributed by atoms with Crippen LogP contribution in [0.1, 0.15) is 23.6 Å². The summed E-state index contributed by atoms with van der Waals surface area (Å²) in [6, 6.07) is 9.43. The van der Waals surface area contributed by atoms with Crippen molar-refractivity contribution in [2.45, 2.75) is 18.8 Å². The number of halogens is 1. The van der Waals surface area contributed by atoms with Gasteiger partial charge in [-0.05, 0) is 36.2 Å². The van der Waals surface area contributed by atoms with E-state index in [1.807, 2.05) is 0 Å². The van der Waals surface area contributed by atoms with Crippen LogP contribution in [0.15, 0.2) is 46.0 Å². The average molecular weight is 396 g/mol. The Balaban J connectivity index is 1.55. The van der Waals surface area contributed by atoms with Crippen molar-refractivity contribution in [2.75, 3.05) is 13.1 Å². The number of amides is 1. The maximum Gasteiger partial charge on any atom is 0.332 e. The van der Waals surface area contributed by atoms with E-state index in [4.69, 9.17) is 0 Å². The van der Waals surface area contributed by atoms with Crippen LogP contribution in [0.5, 0.6) is 0 Å². The van der Waals surface area contributed by atoms with E-state index < -0.39 is 5.69 Å². The second-order valence-electron chi connectivity index (χ2n) is 7.44. The molecule has 2 aromatic heterocycles. The Morgan fingerprint density at radius 2 is 1.83 bits per heavy atom. The molecule has 1 aliphatic heterocycles. The number of aryl methyl sites for hydroxylation is 1. The minimum Gasteiger partial charge on any atom is -0.342 e. The van der Waals surface area contributed by atoms with Gasteiger partial charge in [0.25, 0.3) is 5.56 Å². The van der Waals surface area contributed by atoms with E-state index in [1.165, 1.54) is 23.7 Å². The zero-order valence-corrected chi connectivity index (χ0v) is 16.3. The zero-order chi connectivity index (χ0) is 20.7. The predicted octanol–water partition coefficient (Wildman–Crippen LogP) is 1.33. The molecule has 29 heavy (non-hydrogen) atoms. The summed E-state index contributed by atoms with van der Waals surface area (Å²) < 4.78 is 15.5. The number of likely N-dealkylation sites (tertiary alicyclic amines) is 1. The quantitative estimate of drug-likeness (QED) is 0.669. The van der Waals surface area contributed by atoms with Gasteiger partial charge < -0.3 is 4.90 Å². The standard InChI is InChI=1S/C21H21FN4O3/c1-24-19-16(20(28)25(2)21(24)29)7-8-17(23-19)14-9-10-26(12-14)18(27)11-13-3-5-15(22)6-4-13/h3-8,14H,9-12H2,1-2H3/t14-/m0/s1. The fourth-order valence-electron chi connectivity index (χ4n) is 3.81. The van der Waals surface area contributed by atoms with E-state index in [2.05, 4.69) is 4.98 Å². The van der Waals surface area contributed by atoms with Gasteiger partial charge in [-0.1, -0.05) is 12.1 Å². The summed E-state index contributed by atoms with van der Waals surface area (Å²) in [7, 11) is 3.04. The van der Waals surface area contributed by atoms with E-state index in [9.17, 15) is 18.8 Å². The van der Waals surface area contributed by atoms with Gasteiger partial charge in [0, 0.05) is 38.8 Å². The van der Waals surface area contributed by atoms with Gasteiger partial charge in [-0.2, -0.15) is 0 Å². The summed E-state index contributed by atoms with van der Waals surface area (Å²) in [4.78, 5) is 43.4. The Morgan fingerprint density at radius 1 is 1.10 bits per heavy atom. The topological polar surface area (TPSA) is 77.2 Å². The Labute approximate surface area is 166 Å². The van der Waals surface area contributed by atoms with Gasteiger partial charge in [-0.15, -0.1) is 0 Å². The van der Waals surface area contributed by atoms with Crippen LogP contribution in [0.2, 0.25) is 0 Å². The van der Waals surface area contributed by atoms with Crippen molar-refractivity contribution in [2.24, 2.45) is 14.1 Å². The lowest BCUT2D eigenvalue weighted by atomic mass is 10.0. The third-order valence-corrected chi connectivity index (χ3v) is 5.55. The molecule has 150 valence electrons. The minimum absolute atomic E-state index is 0.0128. The highest BCUT2D eigenvalue weighted by atomic mass is 19.1. The van der Waals surface area contributed by atoms with Gasteiger partial charge in [0.2, 0.25) is 5.91 Å². The molecule has 3 heterocycles. The van der Waals surface area contributed by atoms with Gasteiger partial charge in [0.15, 0.2) is 0 Å². The molecule has 0 spiro atoms. The molecule has 0 radical (unpaired) electrons. The molecule has 0 saturated carbocycles. The molecule has 7 nitrogen and oxygen atoms in total. The number of carbonyl (C=O) groups excluding carboxylic acids is 1. The van der Waals surface area contributed by atoms with Gasteiger partial charge >= 0.3 is 5.69 Å². The third-order valence-electron chi connectivity index (χ3n) is 5.55. The number of hydrogen-bond acceptors (Lipinski definition) is 4. The van der Waals surface area contributed by atoms with Crippen LogP contribution in [-0.4, -0.2) is 38.0 Å². The molecule has 1 fully saturated rings. The minimum atomic E-state index is -0.422. The van der Waals surface area contributed by atoms with Crippen LogP contribution >= 0.6 is 0 Å². The van der Waals surface area contributed by atoms with Crippen LogP contribution in [-0.2, 0) is 25.3 Å². The summed E-state index contributed by atoms with van der Waals surface area (Å²) in [6.45, 7) is 1.14. The van der Waals surface area contributed by atoms with Crippen molar-refractivity contribution in [1.82, 2.24) is 19.0 Å². The van der Waals surface area contributed by atoms with Crippen LogP contribution in [0.3, 0.4) is 0 Å². The molecule has 8 heteroatoms. The highest BCUT2D eigenvalue weighted by Gasteiger charge is 2.28. The number of hydrogen-bond donors (Lipinski definition) is 0. The van der Waals surface area contributed by atoms with E-state index >= 15 is 0 Å². The van der Waals surface area contributed by atoms with Crippen molar-refractivity contribution in [3.8, 4) is 0 Å². The number of fused-ring (bicyclic) bond motifs is 1. The van der Waals surface area contributed by atoms with E-state index in [1.54, 1.807) is 36.2 Å². The van der Waals surface area contributed by atoms with Crippen molar-refractivity contribution in [3.63, 3.8) is 0 Å². The fourth-order valence-corrected chi connectivity index (χ4v) is 3.81. The Hall–Kier alpha value is -3.29. The van der Waals surface area contributed by atoms with E-state index in [0.29, 0.717) is 24.1 Å². The molecule has 0 aliphatic carbocycles. The lowest BCUT2D eigenvalue weighted by molar-refractivity contribution is -0.129. The lowest BCUT2D eigenvalue weighted by Gasteiger charge is -2.17. The maximum absolute atomic E-state index is 13.0. The number of aromatic nitrogens is 3. The molecule has 1 saturated heterocycles. The van der Waals surface area contributed by atoms with Crippen molar-refractivity contribution >= 4 is 16.9 Å². The van der Waals surface area contributed by atoms with Crippen LogP contribution in [0.4, 0.5) is 4.39 Å². The lowest BCUT2D eigenvalue weighted by Crippen LogP contribution is -2.37. The monoisotopic (exact) mass is 396 g/mol. The maximum atomic E-state index is 13.0. The molecule has 1 amide bonds. The van der Waals surface area contributed by atoms with Crippen molar-refractivity contribution < 1.29 is 9.18 Å². The molecule has 0 unspecified atom stereocenters. The summed E-state index contributed by atoms with van der Waals surface area (Å²) in [6.07, 6.45) is 0.981. The zero-order valence-electron chi connectivity index (χ0n) is 16.3. The summed E-state index contributed by atoms with van der Waals surface area (Å²) >= 11 is 0. The smallest absolute Gasteiger partial charge is 0.332 e. The summed E-state index contributed by atoms with van der Waals surface area (Å²) in [5.41, 5.74) is 1.10. The molecular weight excluding hydrogens is 375 g/mol. The molecule has 0 N–H and O–H groups in total. The summed E-state index contributed by atoms with van der Waals surface area (Å²) in [5.74, 6) is -0.300. The molecular formula is C21H21FN4O3. The van der Waals surface area contributed by atoms with E-state index in [-0.39, 0.29) is 29.6 Å². The Bertz CT molecular complexity index is 1210. The van der Waals surface area contributed by atoms with Gasteiger partial charge in [0.1, 0.15) is 11.5 Å².